The van der Waals surface area contributed by atoms with Crippen molar-refractivity contribution in [1.29, 1.82) is 0 Å². The summed E-state index contributed by atoms with van der Waals surface area (Å²) in [6.07, 6.45) is 5.19. The number of likely N-dealkylation sites (N-methyl/N-ethyl adjacent to an activating group) is 1. The van der Waals surface area contributed by atoms with Crippen molar-refractivity contribution in [2.75, 3.05) is 39.9 Å². The minimum Gasteiger partial charge on any atom is -0.379 e. The summed E-state index contributed by atoms with van der Waals surface area (Å²) in [5, 5.41) is 3.42. The minimum atomic E-state index is 0.269. The van der Waals surface area contributed by atoms with Gasteiger partial charge in [0.2, 0.25) is 0 Å². The number of hydrogen-bond acceptors (Lipinski definition) is 2. The summed E-state index contributed by atoms with van der Waals surface area (Å²) < 4.78 is 5.76. The molecule has 132 valence electrons. The molecular formula is C20H31N3O. The summed E-state index contributed by atoms with van der Waals surface area (Å²) in [6, 6.07) is 10.8. The van der Waals surface area contributed by atoms with Gasteiger partial charge in [0.15, 0.2) is 5.96 Å². The Labute approximate surface area is 146 Å². The monoisotopic (exact) mass is 329 g/mol. The molecule has 2 saturated carbocycles. The second-order valence-electron chi connectivity index (χ2n) is 7.26. The van der Waals surface area contributed by atoms with Gasteiger partial charge in [0.25, 0.3) is 0 Å². The van der Waals surface area contributed by atoms with Gasteiger partial charge >= 0.3 is 0 Å². The van der Waals surface area contributed by atoms with Crippen molar-refractivity contribution in [2.45, 2.75) is 38.0 Å². The van der Waals surface area contributed by atoms with Crippen LogP contribution in [0.5, 0.6) is 0 Å². The van der Waals surface area contributed by atoms with Crippen molar-refractivity contribution in [3.8, 4) is 0 Å². The van der Waals surface area contributed by atoms with E-state index in [1.807, 2.05) is 0 Å². The highest BCUT2D eigenvalue weighted by Crippen LogP contribution is 2.48. The Balaban J connectivity index is 1.52. The van der Waals surface area contributed by atoms with Gasteiger partial charge in [-0.3, -0.25) is 4.99 Å². The van der Waals surface area contributed by atoms with E-state index in [0.717, 1.165) is 44.7 Å². The molecule has 0 heterocycles. The third-order valence-corrected chi connectivity index (χ3v) is 5.09. The van der Waals surface area contributed by atoms with E-state index in [-0.39, 0.29) is 5.41 Å². The summed E-state index contributed by atoms with van der Waals surface area (Å²) in [6.45, 7) is 6.48. The molecule has 3 rings (SSSR count). The van der Waals surface area contributed by atoms with Crippen LogP contribution in [0.2, 0.25) is 0 Å². The predicted octanol–water partition coefficient (Wildman–Crippen LogP) is 3.04. The van der Waals surface area contributed by atoms with Crippen LogP contribution in [0, 0.1) is 5.92 Å². The molecule has 1 N–H and O–H groups in total. The quantitative estimate of drug-likeness (QED) is 0.430. The van der Waals surface area contributed by atoms with E-state index in [0.29, 0.717) is 0 Å². The van der Waals surface area contributed by atoms with E-state index >= 15 is 0 Å². The summed E-state index contributed by atoms with van der Waals surface area (Å²) in [7, 11) is 2.10. The van der Waals surface area contributed by atoms with Crippen LogP contribution in [0.15, 0.2) is 35.3 Å². The Morgan fingerprint density at radius 1 is 1.29 bits per heavy atom. The molecule has 1 aromatic carbocycles. The molecule has 1 aromatic rings. The summed E-state index contributed by atoms with van der Waals surface area (Å²) in [5.74, 6) is 1.83. The van der Waals surface area contributed by atoms with Crippen LogP contribution in [0.4, 0.5) is 0 Å². The fourth-order valence-corrected chi connectivity index (χ4v) is 3.02. The number of aliphatic imine (C=N–C) groups is 1. The zero-order chi connectivity index (χ0) is 16.8. The Morgan fingerprint density at radius 3 is 2.67 bits per heavy atom. The first-order valence-corrected chi connectivity index (χ1v) is 9.36. The lowest BCUT2D eigenvalue weighted by Crippen LogP contribution is -2.41. The van der Waals surface area contributed by atoms with Crippen molar-refractivity contribution in [3.05, 3.63) is 35.9 Å². The number of rotatable bonds is 9. The second-order valence-corrected chi connectivity index (χ2v) is 7.26. The fourth-order valence-electron chi connectivity index (χ4n) is 3.02. The van der Waals surface area contributed by atoms with Crippen LogP contribution in [-0.4, -0.2) is 50.8 Å². The number of nitrogens with zero attached hydrogens (tertiary/aromatic N) is 2. The first kappa shape index (κ1) is 17.3. The first-order valence-electron chi connectivity index (χ1n) is 9.36. The molecule has 0 aliphatic heterocycles. The van der Waals surface area contributed by atoms with Crippen molar-refractivity contribution >= 4 is 5.96 Å². The molecule has 0 unspecified atom stereocenters. The van der Waals surface area contributed by atoms with E-state index in [2.05, 4.69) is 54.5 Å². The number of hydrogen-bond donors (Lipinski definition) is 1. The Morgan fingerprint density at radius 2 is 2.04 bits per heavy atom. The summed E-state index contributed by atoms with van der Waals surface area (Å²) >= 11 is 0. The topological polar surface area (TPSA) is 36.9 Å². The minimum absolute atomic E-state index is 0.269. The molecule has 2 aliphatic carbocycles. The van der Waals surface area contributed by atoms with Crippen LogP contribution in [0.3, 0.4) is 0 Å². The van der Waals surface area contributed by atoms with E-state index in [9.17, 15) is 0 Å². The van der Waals surface area contributed by atoms with E-state index < -0.39 is 0 Å². The largest absolute Gasteiger partial charge is 0.379 e. The molecule has 0 bridgehead atoms. The SMILES string of the molecule is CCNC(=NCC1(c2ccccc2)CC1)N(C)CCOCC1CC1. The Kier molecular flexibility index (Phi) is 5.77. The van der Waals surface area contributed by atoms with Crippen molar-refractivity contribution in [2.24, 2.45) is 10.9 Å². The highest BCUT2D eigenvalue weighted by Gasteiger charge is 2.44. The Bertz CT molecular complexity index is 535. The van der Waals surface area contributed by atoms with Crippen LogP contribution in [0.1, 0.15) is 38.2 Å². The molecule has 0 atom stereocenters. The van der Waals surface area contributed by atoms with Gasteiger partial charge in [-0.15, -0.1) is 0 Å². The molecule has 4 nitrogen and oxygen atoms in total. The highest BCUT2D eigenvalue weighted by atomic mass is 16.5. The first-order chi connectivity index (χ1) is 11.7. The lowest BCUT2D eigenvalue weighted by atomic mass is 9.96. The highest BCUT2D eigenvalue weighted by molar-refractivity contribution is 5.79. The zero-order valence-electron chi connectivity index (χ0n) is 15.1. The number of nitrogens with one attached hydrogen (secondary N) is 1. The number of ether oxygens (including phenoxy) is 1. The molecular weight excluding hydrogens is 298 g/mol. The van der Waals surface area contributed by atoms with Gasteiger partial charge < -0.3 is 15.0 Å². The van der Waals surface area contributed by atoms with E-state index in [1.54, 1.807) is 0 Å². The van der Waals surface area contributed by atoms with Crippen LogP contribution in [0.25, 0.3) is 0 Å². The molecule has 0 saturated heterocycles. The maximum atomic E-state index is 5.76. The molecule has 0 spiro atoms. The molecule has 0 aromatic heterocycles. The lowest BCUT2D eigenvalue weighted by molar-refractivity contribution is 0.115. The van der Waals surface area contributed by atoms with Gasteiger partial charge in [0.05, 0.1) is 13.2 Å². The fraction of sp³-hybridized carbons (Fsp3) is 0.650. The maximum Gasteiger partial charge on any atom is 0.193 e. The van der Waals surface area contributed by atoms with E-state index in [1.165, 1.54) is 31.2 Å². The van der Waals surface area contributed by atoms with Crippen molar-refractivity contribution < 1.29 is 4.74 Å². The van der Waals surface area contributed by atoms with Crippen LogP contribution < -0.4 is 5.32 Å². The van der Waals surface area contributed by atoms with Gasteiger partial charge in [-0.2, -0.15) is 0 Å². The lowest BCUT2D eigenvalue weighted by Gasteiger charge is -2.23. The average Bonchev–Trinajstić information content (AvgIpc) is 3.52. The van der Waals surface area contributed by atoms with Gasteiger partial charge in [0, 0.05) is 32.2 Å². The molecule has 24 heavy (non-hydrogen) atoms. The van der Waals surface area contributed by atoms with Gasteiger partial charge in [-0.05, 0) is 44.1 Å². The standard InChI is InChI=1S/C20H31N3O/c1-3-21-19(23(2)13-14-24-15-17-9-10-17)22-16-20(11-12-20)18-7-5-4-6-8-18/h4-8,17H,3,9-16H2,1-2H3,(H,21,22). The number of benzene rings is 1. The summed E-state index contributed by atoms with van der Waals surface area (Å²) in [4.78, 5) is 7.12. The second kappa shape index (κ2) is 8.02. The molecule has 0 radical (unpaired) electrons. The van der Waals surface area contributed by atoms with Crippen LogP contribution in [-0.2, 0) is 10.2 Å². The Hall–Kier alpha value is -1.55. The molecule has 2 aliphatic rings. The molecule has 2 fully saturated rings. The molecule has 4 heteroatoms. The predicted molar refractivity (Wildman–Crippen MR) is 99.5 cm³/mol. The normalized spacial score (nSPS) is 19.2. The van der Waals surface area contributed by atoms with Crippen LogP contribution >= 0.6 is 0 Å². The maximum absolute atomic E-state index is 5.76. The molecule has 0 amide bonds. The smallest absolute Gasteiger partial charge is 0.193 e. The van der Waals surface area contributed by atoms with Gasteiger partial charge in [0.1, 0.15) is 0 Å². The summed E-state index contributed by atoms with van der Waals surface area (Å²) in [5.41, 5.74) is 1.70. The average molecular weight is 329 g/mol. The third-order valence-electron chi connectivity index (χ3n) is 5.09. The van der Waals surface area contributed by atoms with E-state index in [4.69, 9.17) is 9.73 Å². The van der Waals surface area contributed by atoms with Crippen molar-refractivity contribution in [1.82, 2.24) is 10.2 Å². The number of guanidine groups is 1. The third kappa shape index (κ3) is 4.73. The van der Waals surface area contributed by atoms with Crippen molar-refractivity contribution in [3.63, 3.8) is 0 Å². The zero-order valence-corrected chi connectivity index (χ0v) is 15.1. The van der Waals surface area contributed by atoms with Gasteiger partial charge in [-0.1, -0.05) is 30.3 Å². The van der Waals surface area contributed by atoms with Gasteiger partial charge in [-0.25, -0.2) is 0 Å².